The number of thioether (sulfide) groups is 1. The van der Waals surface area contributed by atoms with Crippen LogP contribution in [0, 0.1) is 0 Å². The average molecular weight is 240 g/mol. The molecule has 2 rings (SSSR count). The minimum Gasteiger partial charge on any atom is -0.388 e. The third-order valence-corrected chi connectivity index (χ3v) is 3.77. The molecule has 0 radical (unpaired) electrons. The minimum atomic E-state index is 0.201. The van der Waals surface area contributed by atoms with Crippen LogP contribution in [0.2, 0.25) is 0 Å². The quantitative estimate of drug-likeness (QED) is 0.665. The zero-order valence-electron chi connectivity index (χ0n) is 9.63. The smallest absolute Gasteiger partial charge is 0.230 e. The number of nitrogens with one attached hydrogen (secondary N) is 2. The van der Waals surface area contributed by atoms with E-state index in [0.29, 0.717) is 11.8 Å². The molecule has 0 aromatic heterocycles. The predicted molar refractivity (Wildman–Crippen MR) is 68.4 cm³/mol. The van der Waals surface area contributed by atoms with Gasteiger partial charge < -0.3 is 10.6 Å². The van der Waals surface area contributed by atoms with Crippen LogP contribution in [-0.2, 0) is 4.79 Å². The molecular formula is C12H20N2OS. The lowest BCUT2D eigenvalue weighted by Crippen LogP contribution is -2.27. The van der Waals surface area contributed by atoms with Gasteiger partial charge in [-0.25, -0.2) is 0 Å². The fraction of sp³-hybridized carbons (Fsp3) is 0.750. The third kappa shape index (κ3) is 4.47. The van der Waals surface area contributed by atoms with Crippen LogP contribution in [0.5, 0.6) is 0 Å². The molecule has 0 aliphatic heterocycles. The second-order valence-electron chi connectivity index (χ2n) is 4.44. The van der Waals surface area contributed by atoms with Gasteiger partial charge in [0.2, 0.25) is 5.91 Å². The second-order valence-corrected chi connectivity index (χ2v) is 5.55. The van der Waals surface area contributed by atoms with E-state index in [0.717, 1.165) is 12.3 Å². The van der Waals surface area contributed by atoms with Crippen molar-refractivity contribution in [3.8, 4) is 0 Å². The molecule has 0 spiro atoms. The molecule has 2 N–H and O–H groups in total. The molecule has 90 valence electrons. The highest BCUT2D eigenvalue weighted by Crippen LogP contribution is 2.18. The topological polar surface area (TPSA) is 41.1 Å². The molecule has 0 heterocycles. The van der Waals surface area contributed by atoms with Gasteiger partial charge in [0.15, 0.2) is 0 Å². The van der Waals surface area contributed by atoms with Crippen molar-refractivity contribution in [1.29, 1.82) is 0 Å². The Hall–Kier alpha value is -0.640. The summed E-state index contributed by atoms with van der Waals surface area (Å²) in [6, 6.07) is 0.495. The van der Waals surface area contributed by atoms with Crippen LogP contribution in [0.25, 0.3) is 0 Å². The van der Waals surface area contributed by atoms with Gasteiger partial charge in [-0.15, -0.1) is 0 Å². The molecule has 2 aliphatic carbocycles. The summed E-state index contributed by atoms with van der Waals surface area (Å²) in [6.45, 7) is 0.979. The summed E-state index contributed by atoms with van der Waals surface area (Å²) < 4.78 is 0. The molecular weight excluding hydrogens is 220 g/mol. The number of hydrogen-bond acceptors (Lipinski definition) is 3. The van der Waals surface area contributed by atoms with Gasteiger partial charge in [-0.2, -0.15) is 11.8 Å². The first-order valence-corrected chi connectivity index (χ1v) is 7.30. The summed E-state index contributed by atoms with van der Waals surface area (Å²) in [5.41, 5.74) is 1.39. The van der Waals surface area contributed by atoms with Crippen LogP contribution in [0.1, 0.15) is 32.1 Å². The van der Waals surface area contributed by atoms with Crippen molar-refractivity contribution in [2.75, 3.05) is 18.1 Å². The van der Waals surface area contributed by atoms with Gasteiger partial charge in [0.05, 0.1) is 5.75 Å². The molecule has 1 fully saturated rings. The normalized spacial score (nSPS) is 19.4. The van der Waals surface area contributed by atoms with Gasteiger partial charge in [0.25, 0.3) is 0 Å². The summed E-state index contributed by atoms with van der Waals surface area (Å²) in [4.78, 5) is 11.3. The Morgan fingerprint density at radius 1 is 1.50 bits per heavy atom. The van der Waals surface area contributed by atoms with Crippen LogP contribution in [0.4, 0.5) is 0 Å². The van der Waals surface area contributed by atoms with Crippen molar-refractivity contribution in [1.82, 2.24) is 10.6 Å². The Morgan fingerprint density at radius 3 is 3.06 bits per heavy atom. The van der Waals surface area contributed by atoms with E-state index in [4.69, 9.17) is 0 Å². The molecule has 0 saturated heterocycles. The van der Waals surface area contributed by atoms with Gasteiger partial charge in [0, 0.05) is 24.0 Å². The first-order chi connectivity index (χ1) is 7.84. The Morgan fingerprint density at radius 2 is 2.38 bits per heavy atom. The van der Waals surface area contributed by atoms with Crippen molar-refractivity contribution in [2.24, 2.45) is 0 Å². The molecule has 3 nitrogen and oxygen atoms in total. The number of carbonyl (C=O) groups excluding carboxylic acids is 1. The van der Waals surface area contributed by atoms with Gasteiger partial charge in [-0.1, -0.05) is 6.08 Å². The Balaban J connectivity index is 1.43. The number of amides is 1. The van der Waals surface area contributed by atoms with Crippen LogP contribution in [-0.4, -0.2) is 30.0 Å². The molecule has 2 aliphatic rings. The van der Waals surface area contributed by atoms with Crippen molar-refractivity contribution < 1.29 is 4.79 Å². The van der Waals surface area contributed by atoms with E-state index in [2.05, 4.69) is 16.7 Å². The fourth-order valence-electron chi connectivity index (χ4n) is 1.78. The van der Waals surface area contributed by atoms with Gasteiger partial charge >= 0.3 is 0 Å². The van der Waals surface area contributed by atoms with E-state index in [1.807, 2.05) is 0 Å². The summed E-state index contributed by atoms with van der Waals surface area (Å²) in [6.07, 6.45) is 8.34. The highest BCUT2D eigenvalue weighted by Gasteiger charge is 2.22. The van der Waals surface area contributed by atoms with Gasteiger partial charge in [0.1, 0.15) is 0 Å². The van der Waals surface area contributed by atoms with Crippen molar-refractivity contribution in [3.63, 3.8) is 0 Å². The second kappa shape index (κ2) is 6.18. The highest BCUT2D eigenvalue weighted by atomic mass is 32.2. The first kappa shape index (κ1) is 11.8. The van der Waals surface area contributed by atoms with Crippen molar-refractivity contribution in [3.05, 3.63) is 11.8 Å². The van der Waals surface area contributed by atoms with Crippen LogP contribution >= 0.6 is 11.8 Å². The molecule has 0 unspecified atom stereocenters. The van der Waals surface area contributed by atoms with Crippen LogP contribution < -0.4 is 10.6 Å². The fourth-order valence-corrected chi connectivity index (χ4v) is 2.44. The monoisotopic (exact) mass is 240 g/mol. The third-order valence-electron chi connectivity index (χ3n) is 2.82. The summed E-state index contributed by atoms with van der Waals surface area (Å²) in [5.74, 6) is 1.82. The van der Waals surface area contributed by atoms with Crippen LogP contribution in [0.15, 0.2) is 11.8 Å². The molecule has 0 aromatic rings. The maximum Gasteiger partial charge on any atom is 0.230 e. The van der Waals surface area contributed by atoms with E-state index in [1.165, 1.54) is 37.8 Å². The Bertz CT molecular complexity index is 274. The van der Waals surface area contributed by atoms with Crippen molar-refractivity contribution >= 4 is 17.7 Å². The Kier molecular flexibility index (Phi) is 4.57. The summed E-state index contributed by atoms with van der Waals surface area (Å²) in [5, 5.41) is 6.41. The number of rotatable bonds is 7. The van der Waals surface area contributed by atoms with Crippen molar-refractivity contribution in [2.45, 2.75) is 38.1 Å². The number of allylic oxidation sites excluding steroid dienone is 2. The number of carbonyl (C=O) groups is 1. The van der Waals surface area contributed by atoms with E-state index in [-0.39, 0.29) is 5.91 Å². The largest absolute Gasteiger partial charge is 0.388 e. The maximum atomic E-state index is 11.3. The lowest BCUT2D eigenvalue weighted by Gasteiger charge is -2.06. The number of hydrogen-bond donors (Lipinski definition) is 2. The molecule has 0 atom stereocenters. The molecule has 16 heavy (non-hydrogen) atoms. The average Bonchev–Trinajstić information content (AvgIpc) is 2.93. The SMILES string of the molecule is O=C(CSCCNC1=CCCC1)NC1CC1. The molecule has 0 bridgehead atoms. The zero-order valence-corrected chi connectivity index (χ0v) is 10.4. The van der Waals surface area contributed by atoms with Gasteiger partial charge in [-0.3, -0.25) is 4.79 Å². The van der Waals surface area contributed by atoms with E-state index < -0.39 is 0 Å². The summed E-state index contributed by atoms with van der Waals surface area (Å²) in [7, 11) is 0. The molecule has 4 heteroatoms. The Labute approximate surface area is 101 Å². The van der Waals surface area contributed by atoms with E-state index in [1.54, 1.807) is 11.8 Å². The first-order valence-electron chi connectivity index (χ1n) is 6.14. The molecule has 1 saturated carbocycles. The minimum absolute atomic E-state index is 0.201. The highest BCUT2D eigenvalue weighted by molar-refractivity contribution is 7.99. The lowest BCUT2D eigenvalue weighted by atomic mass is 10.3. The molecule has 0 aromatic carbocycles. The van der Waals surface area contributed by atoms with E-state index >= 15 is 0 Å². The maximum absolute atomic E-state index is 11.3. The van der Waals surface area contributed by atoms with E-state index in [9.17, 15) is 4.79 Å². The van der Waals surface area contributed by atoms with Crippen LogP contribution in [0.3, 0.4) is 0 Å². The standard InChI is InChI=1S/C12H20N2OS/c15-12(14-11-5-6-11)9-16-8-7-13-10-3-1-2-4-10/h3,11,13H,1-2,4-9H2,(H,14,15). The summed E-state index contributed by atoms with van der Waals surface area (Å²) >= 11 is 1.71. The predicted octanol–water partition coefficient (Wildman–Crippen LogP) is 1.66. The zero-order chi connectivity index (χ0) is 11.2. The van der Waals surface area contributed by atoms with Gasteiger partial charge in [-0.05, 0) is 32.1 Å². The lowest BCUT2D eigenvalue weighted by molar-refractivity contribution is -0.118. The molecule has 1 amide bonds.